The van der Waals surface area contributed by atoms with Crippen molar-refractivity contribution in [2.75, 3.05) is 18.9 Å². The lowest BCUT2D eigenvalue weighted by atomic mass is 10.3. The van der Waals surface area contributed by atoms with E-state index >= 15 is 0 Å². The first-order chi connectivity index (χ1) is 9.31. The maximum atomic E-state index is 5.65. The van der Waals surface area contributed by atoms with Crippen LogP contribution in [0.25, 0.3) is 0 Å². The molecule has 1 aliphatic rings. The Kier molecular flexibility index (Phi) is 3.41. The fourth-order valence-electron chi connectivity index (χ4n) is 1.74. The molecule has 6 heteroatoms. The number of fused-ring (bicyclic) bond motifs is 1. The molecule has 0 spiro atoms. The molecule has 0 saturated heterocycles. The third-order valence-corrected chi connectivity index (χ3v) is 3.47. The first-order valence-corrected chi connectivity index (χ1v) is 6.78. The molecule has 0 amide bonds. The third-order valence-electron chi connectivity index (χ3n) is 2.57. The molecule has 0 bridgehead atoms. The molecule has 2 heterocycles. The second kappa shape index (κ2) is 5.36. The lowest BCUT2D eigenvalue weighted by Crippen LogP contribution is -1.97. The van der Waals surface area contributed by atoms with Gasteiger partial charge in [0.2, 0.25) is 0 Å². The number of nitrogens with two attached hydrogens (primary N) is 1. The van der Waals surface area contributed by atoms with Crippen LogP contribution in [0.2, 0.25) is 0 Å². The number of rotatable bonds is 2. The summed E-state index contributed by atoms with van der Waals surface area (Å²) >= 11 is 1.49. The third kappa shape index (κ3) is 2.90. The van der Waals surface area contributed by atoms with E-state index in [2.05, 4.69) is 9.97 Å². The highest BCUT2D eigenvalue weighted by atomic mass is 32.2. The van der Waals surface area contributed by atoms with Gasteiger partial charge in [0.25, 0.3) is 0 Å². The summed E-state index contributed by atoms with van der Waals surface area (Å²) in [5.41, 5.74) is 5.61. The van der Waals surface area contributed by atoms with Crippen molar-refractivity contribution >= 4 is 17.6 Å². The topological polar surface area (TPSA) is 70.3 Å². The molecule has 1 aliphatic heterocycles. The molecule has 0 radical (unpaired) electrons. The van der Waals surface area contributed by atoms with Crippen LogP contribution in [-0.4, -0.2) is 23.2 Å². The van der Waals surface area contributed by atoms with E-state index in [1.165, 1.54) is 18.0 Å². The molecule has 2 aromatic rings. The zero-order chi connectivity index (χ0) is 13.1. The predicted molar refractivity (Wildman–Crippen MR) is 72.6 cm³/mol. The number of aromatic nitrogens is 2. The number of ether oxygens (including phenoxy) is 2. The van der Waals surface area contributed by atoms with Gasteiger partial charge in [0.05, 0.1) is 25.6 Å². The summed E-state index contributed by atoms with van der Waals surface area (Å²) in [6.07, 6.45) is 4.11. The van der Waals surface area contributed by atoms with Gasteiger partial charge in [-0.15, -0.1) is 0 Å². The summed E-state index contributed by atoms with van der Waals surface area (Å²) in [7, 11) is 0. The van der Waals surface area contributed by atoms with Gasteiger partial charge in [0.1, 0.15) is 10.8 Å². The van der Waals surface area contributed by atoms with E-state index in [0.29, 0.717) is 19.0 Å². The molecule has 0 aliphatic carbocycles. The molecule has 0 saturated carbocycles. The van der Waals surface area contributed by atoms with Gasteiger partial charge < -0.3 is 15.2 Å². The van der Waals surface area contributed by atoms with E-state index < -0.39 is 0 Å². The van der Waals surface area contributed by atoms with E-state index in [1.54, 1.807) is 6.20 Å². The molecule has 0 atom stereocenters. The minimum Gasteiger partial charge on any atom is -0.490 e. The Morgan fingerprint density at radius 1 is 1.11 bits per heavy atom. The Morgan fingerprint density at radius 3 is 2.79 bits per heavy atom. The number of hydrogen-bond acceptors (Lipinski definition) is 6. The van der Waals surface area contributed by atoms with Crippen molar-refractivity contribution in [2.24, 2.45) is 0 Å². The molecule has 1 aromatic carbocycles. The Labute approximate surface area is 115 Å². The van der Waals surface area contributed by atoms with E-state index in [4.69, 9.17) is 15.2 Å². The second-order valence-corrected chi connectivity index (χ2v) is 5.14. The zero-order valence-electron chi connectivity index (χ0n) is 10.2. The zero-order valence-corrected chi connectivity index (χ0v) is 11.0. The standard InChI is InChI=1S/C13H13N3O2S/c14-12-7-15-8-13(16-12)19-9-2-3-10-11(6-9)18-5-1-4-17-10/h2-3,6-8H,1,4-5H2,(H2,14,16). The van der Waals surface area contributed by atoms with Crippen LogP contribution in [0, 0.1) is 0 Å². The summed E-state index contributed by atoms with van der Waals surface area (Å²) in [4.78, 5) is 9.24. The van der Waals surface area contributed by atoms with Crippen LogP contribution in [0.3, 0.4) is 0 Å². The average Bonchev–Trinajstić information content (AvgIpc) is 2.63. The highest BCUT2D eigenvalue weighted by Crippen LogP contribution is 2.35. The molecule has 2 N–H and O–H groups in total. The quantitative estimate of drug-likeness (QED) is 0.907. The maximum absolute atomic E-state index is 5.65. The fourth-order valence-corrected chi connectivity index (χ4v) is 2.55. The van der Waals surface area contributed by atoms with E-state index in [0.717, 1.165) is 27.8 Å². The first kappa shape index (κ1) is 12.1. The van der Waals surface area contributed by atoms with Crippen molar-refractivity contribution in [2.45, 2.75) is 16.3 Å². The summed E-state index contributed by atoms with van der Waals surface area (Å²) < 4.78 is 11.2. The van der Waals surface area contributed by atoms with Crippen molar-refractivity contribution in [3.8, 4) is 11.5 Å². The number of hydrogen-bond donors (Lipinski definition) is 1. The van der Waals surface area contributed by atoms with E-state index in [9.17, 15) is 0 Å². The number of nitrogen functional groups attached to an aromatic ring is 1. The number of anilines is 1. The molecular formula is C13H13N3O2S. The van der Waals surface area contributed by atoms with E-state index in [1.807, 2.05) is 18.2 Å². The highest BCUT2D eigenvalue weighted by molar-refractivity contribution is 7.99. The maximum Gasteiger partial charge on any atom is 0.162 e. The molecule has 0 fully saturated rings. The van der Waals surface area contributed by atoms with Gasteiger partial charge in [-0.3, -0.25) is 4.98 Å². The van der Waals surface area contributed by atoms with Crippen LogP contribution in [0.1, 0.15) is 6.42 Å². The van der Waals surface area contributed by atoms with Gasteiger partial charge in [-0.05, 0) is 18.2 Å². The lowest BCUT2D eigenvalue weighted by molar-refractivity contribution is 0.297. The molecule has 5 nitrogen and oxygen atoms in total. The summed E-state index contributed by atoms with van der Waals surface area (Å²) in [6.45, 7) is 1.37. The molecule has 1 aromatic heterocycles. The van der Waals surface area contributed by atoms with Gasteiger partial charge in [-0.25, -0.2) is 4.98 Å². The molecule has 0 unspecified atom stereocenters. The van der Waals surface area contributed by atoms with Crippen LogP contribution in [0.15, 0.2) is 40.5 Å². The predicted octanol–water partition coefficient (Wildman–Crippen LogP) is 2.37. The van der Waals surface area contributed by atoms with Crippen LogP contribution in [0.5, 0.6) is 11.5 Å². The van der Waals surface area contributed by atoms with Crippen LogP contribution in [0.4, 0.5) is 5.82 Å². The largest absolute Gasteiger partial charge is 0.490 e. The number of benzene rings is 1. The van der Waals surface area contributed by atoms with Gasteiger partial charge in [-0.1, -0.05) is 11.8 Å². The second-order valence-electron chi connectivity index (χ2n) is 4.04. The Bertz CT molecular complexity index is 592. The van der Waals surface area contributed by atoms with Crippen molar-refractivity contribution in [1.82, 2.24) is 9.97 Å². The minimum absolute atomic E-state index is 0.416. The Morgan fingerprint density at radius 2 is 1.95 bits per heavy atom. The molecule has 19 heavy (non-hydrogen) atoms. The first-order valence-electron chi connectivity index (χ1n) is 5.96. The van der Waals surface area contributed by atoms with Crippen LogP contribution >= 0.6 is 11.8 Å². The average molecular weight is 275 g/mol. The lowest BCUT2D eigenvalue weighted by Gasteiger charge is -2.08. The Hall–Kier alpha value is -1.95. The number of nitrogens with zero attached hydrogens (tertiary/aromatic N) is 2. The van der Waals surface area contributed by atoms with Gasteiger partial charge in [0, 0.05) is 11.3 Å². The van der Waals surface area contributed by atoms with Crippen LogP contribution < -0.4 is 15.2 Å². The van der Waals surface area contributed by atoms with Crippen molar-refractivity contribution in [3.63, 3.8) is 0 Å². The van der Waals surface area contributed by atoms with Crippen LogP contribution in [-0.2, 0) is 0 Å². The van der Waals surface area contributed by atoms with Crippen molar-refractivity contribution < 1.29 is 9.47 Å². The minimum atomic E-state index is 0.416. The van der Waals surface area contributed by atoms with E-state index in [-0.39, 0.29) is 0 Å². The monoisotopic (exact) mass is 275 g/mol. The summed E-state index contributed by atoms with van der Waals surface area (Å²) in [5.74, 6) is 1.99. The van der Waals surface area contributed by atoms with Gasteiger partial charge >= 0.3 is 0 Å². The molecule has 3 rings (SSSR count). The smallest absolute Gasteiger partial charge is 0.162 e. The molecule has 98 valence electrons. The Balaban J connectivity index is 1.84. The summed E-state index contributed by atoms with van der Waals surface area (Å²) in [5, 5.41) is 0.759. The normalized spacial score (nSPS) is 13.9. The fraction of sp³-hybridized carbons (Fsp3) is 0.231. The summed E-state index contributed by atoms with van der Waals surface area (Å²) in [6, 6.07) is 5.85. The molecular weight excluding hydrogens is 262 g/mol. The highest BCUT2D eigenvalue weighted by Gasteiger charge is 2.11. The van der Waals surface area contributed by atoms with Gasteiger partial charge in [-0.2, -0.15) is 0 Å². The SMILES string of the molecule is Nc1cncc(Sc2ccc3c(c2)OCCCO3)n1. The van der Waals surface area contributed by atoms with Gasteiger partial charge in [0.15, 0.2) is 11.5 Å². The van der Waals surface area contributed by atoms with Crippen molar-refractivity contribution in [1.29, 1.82) is 0 Å². The van der Waals surface area contributed by atoms with Crippen molar-refractivity contribution in [3.05, 3.63) is 30.6 Å².